The van der Waals surface area contributed by atoms with Gasteiger partial charge in [0.1, 0.15) is 11.5 Å². The van der Waals surface area contributed by atoms with E-state index >= 15 is 0 Å². The number of rotatable bonds is 2. The minimum Gasteiger partial charge on any atom is -0.507 e. The monoisotopic (exact) mass is 188 g/mol. The predicted octanol–water partition coefficient (Wildman–Crippen LogP) is 2.94. The van der Waals surface area contributed by atoms with Crippen molar-refractivity contribution >= 4 is 10.8 Å². The predicted molar refractivity (Wildman–Crippen MR) is 56.8 cm³/mol. The van der Waals surface area contributed by atoms with Crippen molar-refractivity contribution in [1.29, 1.82) is 0 Å². The van der Waals surface area contributed by atoms with Crippen LogP contribution in [-0.2, 0) is 0 Å². The molecule has 2 heteroatoms. The summed E-state index contributed by atoms with van der Waals surface area (Å²) in [6.07, 6.45) is 0. The first-order valence-electron chi connectivity index (χ1n) is 4.66. The molecule has 2 nitrogen and oxygen atoms in total. The Labute approximate surface area is 82.8 Å². The third kappa shape index (κ3) is 1.51. The molecule has 0 radical (unpaired) electrons. The van der Waals surface area contributed by atoms with Crippen LogP contribution in [0.4, 0.5) is 0 Å². The second-order valence-electron chi connectivity index (χ2n) is 3.10. The lowest BCUT2D eigenvalue weighted by Crippen LogP contribution is -1.90. The lowest BCUT2D eigenvalue weighted by atomic mass is 10.1. The molecular weight excluding hydrogens is 176 g/mol. The van der Waals surface area contributed by atoms with E-state index in [-0.39, 0.29) is 5.75 Å². The molecule has 0 aliphatic rings. The Morgan fingerprint density at radius 3 is 2.79 bits per heavy atom. The quantitative estimate of drug-likeness (QED) is 0.785. The number of hydrogen-bond acceptors (Lipinski definition) is 2. The number of benzene rings is 2. The molecule has 2 aromatic rings. The van der Waals surface area contributed by atoms with Gasteiger partial charge in [0.05, 0.1) is 6.61 Å². The molecule has 0 amide bonds. The number of phenols is 1. The summed E-state index contributed by atoms with van der Waals surface area (Å²) in [6.45, 7) is 2.53. The van der Waals surface area contributed by atoms with Crippen molar-refractivity contribution in [2.45, 2.75) is 6.92 Å². The highest BCUT2D eigenvalue weighted by atomic mass is 16.5. The summed E-state index contributed by atoms with van der Waals surface area (Å²) >= 11 is 0. The molecule has 72 valence electrons. The lowest BCUT2D eigenvalue weighted by molar-refractivity contribution is 0.338. The Morgan fingerprint density at radius 1 is 1.21 bits per heavy atom. The highest BCUT2D eigenvalue weighted by molar-refractivity contribution is 5.89. The molecule has 0 aliphatic heterocycles. The van der Waals surface area contributed by atoms with E-state index in [1.165, 1.54) is 0 Å². The maximum atomic E-state index is 9.70. The first-order valence-corrected chi connectivity index (χ1v) is 4.66. The average molecular weight is 188 g/mol. The van der Waals surface area contributed by atoms with Crippen molar-refractivity contribution < 1.29 is 9.84 Å². The zero-order valence-corrected chi connectivity index (χ0v) is 8.03. The number of fused-ring (bicyclic) bond motifs is 1. The van der Waals surface area contributed by atoms with Gasteiger partial charge in [0.15, 0.2) is 0 Å². The van der Waals surface area contributed by atoms with E-state index in [1.807, 2.05) is 37.3 Å². The standard InChI is InChI=1S/C12H12O2/c1-2-14-10-7-9-5-3-4-6-11(9)12(13)8-10/h3-8,13H,2H2,1H3. The van der Waals surface area contributed by atoms with E-state index in [4.69, 9.17) is 4.74 Å². The molecular formula is C12H12O2. The van der Waals surface area contributed by atoms with Crippen molar-refractivity contribution in [3.05, 3.63) is 36.4 Å². The van der Waals surface area contributed by atoms with E-state index in [0.717, 1.165) is 10.8 Å². The Hall–Kier alpha value is -1.70. The molecule has 14 heavy (non-hydrogen) atoms. The van der Waals surface area contributed by atoms with Gasteiger partial charge in [-0.1, -0.05) is 24.3 Å². The van der Waals surface area contributed by atoms with Crippen LogP contribution in [0.3, 0.4) is 0 Å². The fourth-order valence-electron chi connectivity index (χ4n) is 1.51. The van der Waals surface area contributed by atoms with Crippen LogP contribution in [0.2, 0.25) is 0 Å². The minimum atomic E-state index is 0.270. The number of aromatic hydroxyl groups is 1. The minimum absolute atomic E-state index is 0.270. The zero-order valence-electron chi connectivity index (χ0n) is 8.03. The van der Waals surface area contributed by atoms with E-state index in [1.54, 1.807) is 6.07 Å². The van der Waals surface area contributed by atoms with Gasteiger partial charge in [0.2, 0.25) is 0 Å². The van der Waals surface area contributed by atoms with E-state index in [2.05, 4.69) is 0 Å². The largest absolute Gasteiger partial charge is 0.507 e. The Morgan fingerprint density at radius 2 is 2.00 bits per heavy atom. The third-order valence-electron chi connectivity index (χ3n) is 2.12. The van der Waals surface area contributed by atoms with Crippen molar-refractivity contribution in [2.24, 2.45) is 0 Å². The molecule has 0 fully saturated rings. The maximum absolute atomic E-state index is 9.70. The van der Waals surface area contributed by atoms with Crippen molar-refractivity contribution in [3.8, 4) is 11.5 Å². The number of hydrogen-bond donors (Lipinski definition) is 1. The van der Waals surface area contributed by atoms with Crippen molar-refractivity contribution in [1.82, 2.24) is 0 Å². The Balaban J connectivity index is 2.60. The van der Waals surface area contributed by atoms with Gasteiger partial charge in [-0.05, 0) is 18.4 Å². The van der Waals surface area contributed by atoms with Gasteiger partial charge in [-0.15, -0.1) is 0 Å². The number of phenolic OH excluding ortho intramolecular Hbond substituents is 1. The van der Waals surface area contributed by atoms with Gasteiger partial charge in [0.25, 0.3) is 0 Å². The van der Waals surface area contributed by atoms with Crippen LogP contribution in [0.1, 0.15) is 6.92 Å². The number of ether oxygens (including phenoxy) is 1. The highest BCUT2D eigenvalue weighted by Gasteiger charge is 2.02. The normalized spacial score (nSPS) is 10.4. The fraction of sp³-hybridized carbons (Fsp3) is 0.167. The van der Waals surface area contributed by atoms with Gasteiger partial charge in [-0.2, -0.15) is 0 Å². The van der Waals surface area contributed by atoms with Crippen LogP contribution in [-0.4, -0.2) is 11.7 Å². The summed E-state index contributed by atoms with van der Waals surface area (Å²) in [6, 6.07) is 11.3. The van der Waals surface area contributed by atoms with Gasteiger partial charge in [-0.25, -0.2) is 0 Å². The molecule has 0 saturated carbocycles. The second kappa shape index (κ2) is 3.58. The summed E-state index contributed by atoms with van der Waals surface area (Å²) in [5, 5.41) is 11.6. The first-order chi connectivity index (χ1) is 6.81. The molecule has 0 bridgehead atoms. The molecule has 2 aromatic carbocycles. The van der Waals surface area contributed by atoms with E-state index in [0.29, 0.717) is 12.4 Å². The Bertz CT molecular complexity index is 449. The first kappa shape index (κ1) is 8.88. The fourth-order valence-corrected chi connectivity index (χ4v) is 1.51. The molecule has 0 heterocycles. The van der Waals surface area contributed by atoms with Crippen LogP contribution < -0.4 is 4.74 Å². The van der Waals surface area contributed by atoms with Gasteiger partial charge in [-0.3, -0.25) is 0 Å². The summed E-state index contributed by atoms with van der Waals surface area (Å²) in [4.78, 5) is 0. The summed E-state index contributed by atoms with van der Waals surface area (Å²) in [5.74, 6) is 0.982. The summed E-state index contributed by atoms with van der Waals surface area (Å²) in [7, 11) is 0. The van der Waals surface area contributed by atoms with Crippen LogP contribution in [0, 0.1) is 0 Å². The summed E-state index contributed by atoms with van der Waals surface area (Å²) < 4.78 is 5.33. The van der Waals surface area contributed by atoms with E-state index < -0.39 is 0 Å². The topological polar surface area (TPSA) is 29.5 Å². The van der Waals surface area contributed by atoms with Gasteiger partial charge >= 0.3 is 0 Å². The molecule has 0 aromatic heterocycles. The lowest BCUT2D eigenvalue weighted by Gasteiger charge is -2.06. The van der Waals surface area contributed by atoms with Crippen LogP contribution >= 0.6 is 0 Å². The smallest absolute Gasteiger partial charge is 0.127 e. The third-order valence-corrected chi connectivity index (χ3v) is 2.12. The SMILES string of the molecule is CCOc1cc(O)c2ccccc2c1. The molecule has 2 rings (SSSR count). The average Bonchev–Trinajstić information content (AvgIpc) is 2.18. The maximum Gasteiger partial charge on any atom is 0.127 e. The summed E-state index contributed by atoms with van der Waals surface area (Å²) in [5.41, 5.74) is 0. The highest BCUT2D eigenvalue weighted by Crippen LogP contribution is 2.29. The van der Waals surface area contributed by atoms with Crippen LogP contribution in [0.5, 0.6) is 11.5 Å². The van der Waals surface area contributed by atoms with Crippen LogP contribution in [0.15, 0.2) is 36.4 Å². The Kier molecular flexibility index (Phi) is 2.27. The van der Waals surface area contributed by atoms with Crippen LogP contribution in [0.25, 0.3) is 10.8 Å². The molecule has 1 N–H and O–H groups in total. The van der Waals surface area contributed by atoms with Crippen molar-refractivity contribution in [3.63, 3.8) is 0 Å². The molecule has 0 atom stereocenters. The van der Waals surface area contributed by atoms with Crippen molar-refractivity contribution in [2.75, 3.05) is 6.61 Å². The molecule has 0 spiro atoms. The van der Waals surface area contributed by atoms with Gasteiger partial charge in [0, 0.05) is 11.5 Å². The molecule has 0 unspecified atom stereocenters. The van der Waals surface area contributed by atoms with E-state index in [9.17, 15) is 5.11 Å². The zero-order chi connectivity index (χ0) is 9.97. The second-order valence-corrected chi connectivity index (χ2v) is 3.10. The van der Waals surface area contributed by atoms with Gasteiger partial charge < -0.3 is 9.84 Å². The molecule has 0 aliphatic carbocycles. The molecule has 0 saturated heterocycles.